The van der Waals surface area contributed by atoms with Crippen molar-refractivity contribution in [3.8, 4) is 11.1 Å². The highest BCUT2D eigenvalue weighted by atomic mass is 35.5. The van der Waals surface area contributed by atoms with Crippen molar-refractivity contribution in [1.29, 1.82) is 0 Å². The lowest BCUT2D eigenvalue weighted by Crippen LogP contribution is -1.97. The molecule has 0 bridgehead atoms. The summed E-state index contributed by atoms with van der Waals surface area (Å²) in [4.78, 5) is 11.0. The van der Waals surface area contributed by atoms with Crippen LogP contribution >= 0.6 is 11.6 Å². The number of hydrogen-bond donors (Lipinski definition) is 1. The van der Waals surface area contributed by atoms with E-state index < -0.39 is 5.97 Å². The molecule has 0 amide bonds. The molecule has 0 unspecified atom stereocenters. The van der Waals surface area contributed by atoms with Crippen molar-refractivity contribution in [3.63, 3.8) is 0 Å². The van der Waals surface area contributed by atoms with Crippen LogP contribution in [-0.2, 0) is 6.54 Å². The van der Waals surface area contributed by atoms with E-state index in [-0.39, 0.29) is 10.6 Å². The minimum Gasteiger partial charge on any atom is -0.478 e. The van der Waals surface area contributed by atoms with Crippen molar-refractivity contribution in [3.05, 3.63) is 41.2 Å². The van der Waals surface area contributed by atoms with Crippen LogP contribution < -0.4 is 0 Å². The molecule has 1 aromatic carbocycles. The zero-order valence-corrected chi connectivity index (χ0v) is 9.98. The predicted molar refractivity (Wildman–Crippen MR) is 65.3 cm³/mol. The molecule has 4 nitrogen and oxygen atoms in total. The van der Waals surface area contributed by atoms with Crippen LogP contribution in [0.1, 0.15) is 17.3 Å². The van der Waals surface area contributed by atoms with Gasteiger partial charge in [0, 0.05) is 18.3 Å². The number of hydrogen-bond acceptors (Lipinski definition) is 2. The Kier molecular flexibility index (Phi) is 3.15. The summed E-state index contributed by atoms with van der Waals surface area (Å²) in [6, 6.07) is 4.93. The van der Waals surface area contributed by atoms with Gasteiger partial charge in [-0.15, -0.1) is 0 Å². The van der Waals surface area contributed by atoms with Crippen molar-refractivity contribution in [1.82, 2.24) is 9.78 Å². The Morgan fingerprint density at radius 1 is 1.47 bits per heavy atom. The Labute approximate surface area is 103 Å². The number of carboxylic acid groups (broad SMARTS) is 1. The van der Waals surface area contributed by atoms with Crippen LogP contribution in [0.15, 0.2) is 30.6 Å². The Morgan fingerprint density at radius 2 is 2.24 bits per heavy atom. The molecule has 17 heavy (non-hydrogen) atoms. The maximum atomic E-state index is 11.0. The average molecular weight is 251 g/mol. The smallest absolute Gasteiger partial charge is 0.337 e. The van der Waals surface area contributed by atoms with E-state index in [0.717, 1.165) is 17.7 Å². The van der Waals surface area contributed by atoms with Gasteiger partial charge < -0.3 is 5.11 Å². The number of benzene rings is 1. The third-order valence-corrected chi connectivity index (χ3v) is 2.82. The Balaban J connectivity index is 2.46. The summed E-state index contributed by atoms with van der Waals surface area (Å²) in [6.45, 7) is 2.76. The second-order valence-electron chi connectivity index (χ2n) is 3.58. The first-order chi connectivity index (χ1) is 8.11. The number of aromatic carboxylic acids is 1. The van der Waals surface area contributed by atoms with Gasteiger partial charge >= 0.3 is 5.97 Å². The van der Waals surface area contributed by atoms with E-state index in [2.05, 4.69) is 5.10 Å². The lowest BCUT2D eigenvalue weighted by Gasteiger charge is -2.02. The Morgan fingerprint density at radius 3 is 2.82 bits per heavy atom. The van der Waals surface area contributed by atoms with Crippen molar-refractivity contribution < 1.29 is 9.90 Å². The highest BCUT2D eigenvalue weighted by Crippen LogP contribution is 2.24. The minimum atomic E-state index is -1.03. The van der Waals surface area contributed by atoms with E-state index in [0.29, 0.717) is 0 Å². The summed E-state index contributed by atoms with van der Waals surface area (Å²) in [7, 11) is 0. The summed E-state index contributed by atoms with van der Waals surface area (Å²) in [5.41, 5.74) is 1.78. The summed E-state index contributed by atoms with van der Waals surface area (Å²) < 4.78 is 1.78. The third kappa shape index (κ3) is 2.31. The molecule has 1 N–H and O–H groups in total. The van der Waals surface area contributed by atoms with Crippen LogP contribution in [0, 0.1) is 0 Å². The standard InChI is InChI=1S/C12H11ClN2O2/c1-2-15-7-9(6-14-15)8-3-4-11(13)10(5-8)12(16)17/h3-7H,2H2,1H3,(H,16,17). The predicted octanol–water partition coefficient (Wildman–Crippen LogP) is 2.92. The minimum absolute atomic E-state index is 0.105. The zero-order valence-electron chi connectivity index (χ0n) is 9.22. The van der Waals surface area contributed by atoms with Gasteiger partial charge in [-0.1, -0.05) is 17.7 Å². The fraction of sp³-hybridized carbons (Fsp3) is 0.167. The van der Waals surface area contributed by atoms with E-state index in [1.165, 1.54) is 0 Å². The van der Waals surface area contributed by atoms with Crippen LogP contribution in [0.4, 0.5) is 0 Å². The van der Waals surface area contributed by atoms with Gasteiger partial charge in [-0.25, -0.2) is 4.79 Å². The van der Waals surface area contributed by atoms with Crippen LogP contribution in [0.5, 0.6) is 0 Å². The van der Waals surface area contributed by atoms with E-state index in [1.54, 1.807) is 29.1 Å². The van der Waals surface area contributed by atoms with Crippen LogP contribution in [0.3, 0.4) is 0 Å². The number of rotatable bonds is 3. The summed E-state index contributed by atoms with van der Waals surface area (Å²) in [5, 5.41) is 13.4. The quantitative estimate of drug-likeness (QED) is 0.911. The van der Waals surface area contributed by atoms with E-state index >= 15 is 0 Å². The molecule has 1 aromatic heterocycles. The molecule has 0 fully saturated rings. The second kappa shape index (κ2) is 4.59. The SMILES string of the molecule is CCn1cc(-c2ccc(Cl)c(C(=O)O)c2)cn1. The molecule has 0 saturated carbocycles. The van der Waals surface area contributed by atoms with Crippen LogP contribution in [0.2, 0.25) is 5.02 Å². The van der Waals surface area contributed by atoms with Gasteiger partial charge in [-0.3, -0.25) is 4.68 Å². The Bertz CT molecular complexity index is 563. The fourth-order valence-electron chi connectivity index (χ4n) is 1.55. The van der Waals surface area contributed by atoms with Crippen molar-refractivity contribution in [2.24, 2.45) is 0 Å². The van der Waals surface area contributed by atoms with Crippen molar-refractivity contribution in [2.75, 3.05) is 0 Å². The molecule has 1 heterocycles. The number of aryl methyl sites for hydroxylation is 1. The average Bonchev–Trinajstić information content (AvgIpc) is 2.78. The summed E-state index contributed by atoms with van der Waals surface area (Å²) >= 11 is 5.81. The number of carbonyl (C=O) groups is 1. The van der Waals surface area contributed by atoms with E-state index in [4.69, 9.17) is 16.7 Å². The Hall–Kier alpha value is -1.81. The summed E-state index contributed by atoms with van der Waals surface area (Å²) in [6.07, 6.45) is 3.58. The van der Waals surface area contributed by atoms with Gasteiger partial charge in [-0.2, -0.15) is 5.10 Å². The number of halogens is 1. The van der Waals surface area contributed by atoms with Crippen molar-refractivity contribution in [2.45, 2.75) is 13.5 Å². The fourth-order valence-corrected chi connectivity index (χ4v) is 1.75. The maximum Gasteiger partial charge on any atom is 0.337 e. The first kappa shape index (κ1) is 11.7. The number of aromatic nitrogens is 2. The first-order valence-corrected chi connectivity index (χ1v) is 5.55. The lowest BCUT2D eigenvalue weighted by molar-refractivity contribution is 0.0697. The molecule has 5 heteroatoms. The molecule has 0 atom stereocenters. The second-order valence-corrected chi connectivity index (χ2v) is 3.99. The van der Waals surface area contributed by atoms with Gasteiger partial charge in [0.25, 0.3) is 0 Å². The monoisotopic (exact) mass is 250 g/mol. The molecule has 0 spiro atoms. The number of nitrogens with zero attached hydrogens (tertiary/aromatic N) is 2. The van der Waals surface area contributed by atoms with Gasteiger partial charge in [-0.05, 0) is 24.6 Å². The third-order valence-electron chi connectivity index (χ3n) is 2.49. The topological polar surface area (TPSA) is 55.1 Å². The molecule has 0 aliphatic rings. The van der Waals surface area contributed by atoms with E-state index in [9.17, 15) is 4.79 Å². The van der Waals surface area contributed by atoms with E-state index in [1.807, 2.05) is 13.1 Å². The largest absolute Gasteiger partial charge is 0.478 e. The van der Waals surface area contributed by atoms with Gasteiger partial charge in [0.15, 0.2) is 0 Å². The summed E-state index contributed by atoms with van der Waals surface area (Å²) in [5.74, 6) is -1.03. The number of carboxylic acids is 1. The van der Waals surface area contributed by atoms with Gasteiger partial charge in [0.05, 0.1) is 16.8 Å². The molecular weight excluding hydrogens is 240 g/mol. The molecule has 0 aliphatic heterocycles. The highest BCUT2D eigenvalue weighted by molar-refractivity contribution is 6.33. The maximum absolute atomic E-state index is 11.0. The first-order valence-electron chi connectivity index (χ1n) is 5.17. The molecule has 2 rings (SSSR count). The van der Waals surface area contributed by atoms with Crippen LogP contribution in [0.25, 0.3) is 11.1 Å². The molecule has 88 valence electrons. The van der Waals surface area contributed by atoms with Gasteiger partial charge in [0.1, 0.15) is 0 Å². The highest BCUT2D eigenvalue weighted by Gasteiger charge is 2.10. The lowest BCUT2D eigenvalue weighted by atomic mass is 10.1. The molecule has 0 aliphatic carbocycles. The van der Waals surface area contributed by atoms with Gasteiger partial charge in [0.2, 0.25) is 0 Å². The molecule has 0 saturated heterocycles. The molecule has 0 radical (unpaired) electrons. The normalized spacial score (nSPS) is 10.5. The molecule has 2 aromatic rings. The molecular formula is C12H11ClN2O2. The van der Waals surface area contributed by atoms with Crippen LogP contribution in [-0.4, -0.2) is 20.9 Å². The zero-order chi connectivity index (χ0) is 12.4. The van der Waals surface area contributed by atoms with Crippen molar-refractivity contribution >= 4 is 17.6 Å².